The first kappa shape index (κ1) is 13.3. The lowest BCUT2D eigenvalue weighted by molar-refractivity contribution is 0.138. The van der Waals surface area contributed by atoms with E-state index in [1.807, 2.05) is 24.3 Å². The minimum Gasteiger partial charge on any atom is -0.487 e. The van der Waals surface area contributed by atoms with Crippen LogP contribution in [0.5, 0.6) is 5.75 Å². The van der Waals surface area contributed by atoms with Gasteiger partial charge >= 0.3 is 0 Å². The number of rotatable bonds is 3. The number of nitrogens with two attached hydrogens (primary N) is 1. The first-order valence-electron chi connectivity index (χ1n) is 7.14. The molecule has 1 aliphatic heterocycles. The van der Waals surface area contributed by atoms with E-state index < -0.39 is 0 Å². The summed E-state index contributed by atoms with van der Waals surface area (Å²) >= 11 is 0. The predicted octanol–water partition coefficient (Wildman–Crippen LogP) is 3.60. The van der Waals surface area contributed by atoms with E-state index in [0.29, 0.717) is 0 Å². The number of ether oxygens (including phenoxy) is 1. The van der Waals surface area contributed by atoms with Crippen molar-refractivity contribution in [1.29, 1.82) is 0 Å². The van der Waals surface area contributed by atoms with Crippen LogP contribution >= 0.6 is 0 Å². The molecule has 3 heteroatoms. The van der Waals surface area contributed by atoms with E-state index in [0.717, 1.165) is 35.7 Å². The van der Waals surface area contributed by atoms with Gasteiger partial charge in [-0.1, -0.05) is 13.0 Å². The van der Waals surface area contributed by atoms with Crippen LogP contribution in [-0.4, -0.2) is 5.60 Å². The molecule has 1 unspecified atom stereocenters. The van der Waals surface area contributed by atoms with Crippen molar-refractivity contribution in [3.05, 3.63) is 53.0 Å². The Morgan fingerprint density at radius 1 is 1.25 bits per heavy atom. The van der Waals surface area contributed by atoms with Gasteiger partial charge in [0.05, 0.1) is 6.04 Å². The first-order chi connectivity index (χ1) is 9.48. The fraction of sp³-hybridized carbons (Fsp3) is 0.412. The third kappa shape index (κ3) is 2.34. The Morgan fingerprint density at radius 2 is 2.05 bits per heavy atom. The molecule has 0 bridgehead atoms. The zero-order valence-electron chi connectivity index (χ0n) is 12.3. The highest BCUT2D eigenvalue weighted by Crippen LogP contribution is 2.36. The third-order valence-corrected chi connectivity index (χ3v) is 3.78. The van der Waals surface area contributed by atoms with Crippen molar-refractivity contribution in [3.63, 3.8) is 0 Å². The van der Waals surface area contributed by atoms with Gasteiger partial charge in [-0.3, -0.25) is 0 Å². The summed E-state index contributed by atoms with van der Waals surface area (Å²) in [5.41, 5.74) is 8.49. The molecule has 0 amide bonds. The van der Waals surface area contributed by atoms with Crippen LogP contribution in [-0.2, 0) is 12.8 Å². The van der Waals surface area contributed by atoms with Crippen LogP contribution in [0.4, 0.5) is 0 Å². The lowest BCUT2D eigenvalue weighted by Crippen LogP contribution is -2.24. The molecule has 1 aromatic heterocycles. The number of benzene rings is 1. The van der Waals surface area contributed by atoms with Gasteiger partial charge in [0.25, 0.3) is 0 Å². The molecular weight excluding hydrogens is 250 g/mol. The Bertz CT molecular complexity index is 628. The lowest BCUT2D eigenvalue weighted by Gasteiger charge is -2.16. The topological polar surface area (TPSA) is 48.4 Å². The molecule has 2 N–H and O–H groups in total. The van der Waals surface area contributed by atoms with E-state index >= 15 is 0 Å². The van der Waals surface area contributed by atoms with Gasteiger partial charge in [-0.15, -0.1) is 0 Å². The molecule has 0 aliphatic carbocycles. The molecule has 0 spiro atoms. The van der Waals surface area contributed by atoms with Gasteiger partial charge in [0.2, 0.25) is 0 Å². The van der Waals surface area contributed by atoms with Crippen molar-refractivity contribution in [3.8, 4) is 5.75 Å². The van der Waals surface area contributed by atoms with Crippen LogP contribution in [0, 0.1) is 0 Å². The second-order valence-corrected chi connectivity index (χ2v) is 6.04. The molecule has 2 aromatic rings. The van der Waals surface area contributed by atoms with Crippen molar-refractivity contribution in [2.24, 2.45) is 5.73 Å². The van der Waals surface area contributed by atoms with Crippen molar-refractivity contribution >= 4 is 0 Å². The van der Waals surface area contributed by atoms with E-state index in [1.165, 1.54) is 5.56 Å². The molecule has 1 aromatic carbocycles. The van der Waals surface area contributed by atoms with Crippen LogP contribution in [0.1, 0.15) is 49.5 Å². The Labute approximate surface area is 119 Å². The Balaban J connectivity index is 1.88. The molecule has 20 heavy (non-hydrogen) atoms. The fourth-order valence-corrected chi connectivity index (χ4v) is 2.74. The first-order valence-corrected chi connectivity index (χ1v) is 7.14. The summed E-state index contributed by atoms with van der Waals surface area (Å²) in [5, 5.41) is 0. The lowest BCUT2D eigenvalue weighted by atomic mass is 9.97. The molecule has 3 rings (SSSR count). The molecule has 2 heterocycles. The highest BCUT2D eigenvalue weighted by molar-refractivity contribution is 5.43. The van der Waals surface area contributed by atoms with E-state index in [2.05, 4.69) is 26.8 Å². The van der Waals surface area contributed by atoms with E-state index in [9.17, 15) is 0 Å². The van der Waals surface area contributed by atoms with Gasteiger partial charge in [0.15, 0.2) is 0 Å². The molecule has 1 aliphatic rings. The van der Waals surface area contributed by atoms with Gasteiger partial charge in [0.1, 0.15) is 22.9 Å². The number of hydrogen-bond donors (Lipinski definition) is 1. The molecular formula is C17H21NO2. The maximum Gasteiger partial charge on any atom is 0.125 e. The minimum absolute atomic E-state index is 0.120. The largest absolute Gasteiger partial charge is 0.487 e. The van der Waals surface area contributed by atoms with Crippen molar-refractivity contribution in [2.75, 3.05) is 0 Å². The van der Waals surface area contributed by atoms with Gasteiger partial charge in [-0.05, 0) is 49.2 Å². The molecule has 0 saturated heterocycles. The average molecular weight is 271 g/mol. The standard InChI is InChI=1S/C17H21NO2/c1-4-13-6-8-15(19-13)16(18)11-5-7-14-12(9-11)10-17(2,3)20-14/h5-9,16H,4,10,18H2,1-3H3. The van der Waals surface area contributed by atoms with Crippen LogP contribution in [0.25, 0.3) is 0 Å². The second kappa shape index (κ2) is 4.67. The minimum atomic E-state index is -0.218. The van der Waals surface area contributed by atoms with E-state index in [4.69, 9.17) is 14.9 Å². The molecule has 0 fully saturated rings. The summed E-state index contributed by atoms with van der Waals surface area (Å²) in [6.07, 6.45) is 1.81. The van der Waals surface area contributed by atoms with E-state index in [1.54, 1.807) is 0 Å². The summed E-state index contributed by atoms with van der Waals surface area (Å²) in [6, 6.07) is 9.93. The SMILES string of the molecule is CCc1ccc(C(N)c2ccc3c(c2)CC(C)(C)O3)o1. The maximum atomic E-state index is 6.31. The molecule has 1 atom stereocenters. The molecule has 3 nitrogen and oxygen atoms in total. The zero-order valence-corrected chi connectivity index (χ0v) is 12.3. The Hall–Kier alpha value is -1.74. The van der Waals surface area contributed by atoms with Crippen LogP contribution in [0.3, 0.4) is 0 Å². The fourth-order valence-electron chi connectivity index (χ4n) is 2.74. The molecule has 106 valence electrons. The van der Waals surface area contributed by atoms with Crippen molar-refractivity contribution in [2.45, 2.75) is 45.3 Å². The summed E-state index contributed by atoms with van der Waals surface area (Å²) in [6.45, 7) is 6.28. The van der Waals surface area contributed by atoms with Gasteiger partial charge in [-0.2, -0.15) is 0 Å². The zero-order chi connectivity index (χ0) is 14.3. The van der Waals surface area contributed by atoms with Gasteiger partial charge in [0, 0.05) is 12.8 Å². The Kier molecular flexibility index (Phi) is 3.09. The summed E-state index contributed by atoms with van der Waals surface area (Å²) in [4.78, 5) is 0. The molecule has 0 radical (unpaired) electrons. The highest BCUT2D eigenvalue weighted by atomic mass is 16.5. The Morgan fingerprint density at radius 3 is 2.75 bits per heavy atom. The maximum absolute atomic E-state index is 6.31. The predicted molar refractivity (Wildman–Crippen MR) is 79.0 cm³/mol. The summed E-state index contributed by atoms with van der Waals surface area (Å²) < 4.78 is 11.6. The number of aryl methyl sites for hydroxylation is 1. The van der Waals surface area contributed by atoms with Crippen LogP contribution in [0.15, 0.2) is 34.7 Å². The van der Waals surface area contributed by atoms with Crippen molar-refractivity contribution < 1.29 is 9.15 Å². The third-order valence-electron chi connectivity index (χ3n) is 3.78. The highest BCUT2D eigenvalue weighted by Gasteiger charge is 2.30. The monoisotopic (exact) mass is 271 g/mol. The quantitative estimate of drug-likeness (QED) is 0.927. The average Bonchev–Trinajstić information content (AvgIpc) is 2.98. The van der Waals surface area contributed by atoms with Gasteiger partial charge < -0.3 is 14.9 Å². The normalized spacial score (nSPS) is 17.6. The van der Waals surface area contributed by atoms with Crippen LogP contribution < -0.4 is 10.5 Å². The number of fused-ring (bicyclic) bond motifs is 1. The van der Waals surface area contributed by atoms with Gasteiger partial charge in [-0.25, -0.2) is 0 Å². The van der Waals surface area contributed by atoms with E-state index in [-0.39, 0.29) is 11.6 Å². The summed E-state index contributed by atoms with van der Waals surface area (Å²) in [7, 11) is 0. The molecule has 0 saturated carbocycles. The van der Waals surface area contributed by atoms with Crippen LogP contribution in [0.2, 0.25) is 0 Å². The second-order valence-electron chi connectivity index (χ2n) is 6.04. The summed E-state index contributed by atoms with van der Waals surface area (Å²) in [5.74, 6) is 2.76. The number of hydrogen-bond acceptors (Lipinski definition) is 3. The van der Waals surface area contributed by atoms with Crippen molar-refractivity contribution in [1.82, 2.24) is 0 Å². The number of furan rings is 1. The smallest absolute Gasteiger partial charge is 0.125 e.